The summed E-state index contributed by atoms with van der Waals surface area (Å²) in [5, 5.41) is 0. The van der Waals surface area contributed by atoms with E-state index < -0.39 is 0 Å². The van der Waals surface area contributed by atoms with Crippen LogP contribution in [0.1, 0.15) is 6.42 Å². The van der Waals surface area contributed by atoms with Gasteiger partial charge in [0.1, 0.15) is 0 Å². The zero-order chi connectivity index (χ0) is 10.1. The zero-order valence-corrected chi connectivity index (χ0v) is 10.7. The van der Waals surface area contributed by atoms with Gasteiger partial charge in [0.2, 0.25) is 0 Å². The van der Waals surface area contributed by atoms with Crippen molar-refractivity contribution < 1.29 is 9.47 Å². The summed E-state index contributed by atoms with van der Waals surface area (Å²) >= 11 is 14.8. The standard InChI is InChI=1S/C8H15BrCl2O2/c1-12-3-2-4-13-8(6-11)7(9)5-10/h7-8H,2-6H2,1H3. The molecular formula is C8H15BrCl2O2. The molecule has 0 radical (unpaired) electrons. The van der Waals surface area contributed by atoms with Gasteiger partial charge in [-0.05, 0) is 6.42 Å². The van der Waals surface area contributed by atoms with Crippen LogP contribution in [-0.2, 0) is 9.47 Å². The van der Waals surface area contributed by atoms with Gasteiger partial charge in [-0.2, -0.15) is 0 Å². The summed E-state index contributed by atoms with van der Waals surface area (Å²) in [6.45, 7) is 1.37. The van der Waals surface area contributed by atoms with E-state index >= 15 is 0 Å². The third kappa shape index (κ3) is 6.97. The lowest BCUT2D eigenvalue weighted by atomic mass is 10.3. The predicted molar refractivity (Wildman–Crippen MR) is 60.4 cm³/mol. The van der Waals surface area contributed by atoms with E-state index in [4.69, 9.17) is 32.7 Å². The second kappa shape index (κ2) is 9.53. The van der Waals surface area contributed by atoms with Gasteiger partial charge in [0.15, 0.2) is 0 Å². The fourth-order valence-electron chi connectivity index (χ4n) is 0.783. The minimum Gasteiger partial charge on any atom is -0.385 e. The van der Waals surface area contributed by atoms with Crippen molar-refractivity contribution in [2.24, 2.45) is 0 Å². The Hall–Kier alpha value is 0.980. The SMILES string of the molecule is COCCCOC(CCl)C(Br)CCl. The second-order valence-corrected chi connectivity index (χ2v) is 4.37. The molecule has 0 bridgehead atoms. The van der Waals surface area contributed by atoms with Crippen molar-refractivity contribution in [2.75, 3.05) is 32.1 Å². The number of halogens is 3. The van der Waals surface area contributed by atoms with E-state index in [0.717, 1.165) is 6.42 Å². The van der Waals surface area contributed by atoms with Crippen LogP contribution in [0.3, 0.4) is 0 Å². The quantitative estimate of drug-likeness (QED) is 0.506. The third-order valence-electron chi connectivity index (χ3n) is 1.53. The van der Waals surface area contributed by atoms with Crippen LogP contribution < -0.4 is 0 Å². The van der Waals surface area contributed by atoms with Crippen LogP contribution in [-0.4, -0.2) is 43.0 Å². The van der Waals surface area contributed by atoms with Crippen molar-refractivity contribution >= 4 is 39.1 Å². The Bertz CT molecular complexity index is 116. The van der Waals surface area contributed by atoms with Crippen LogP contribution in [0.25, 0.3) is 0 Å². The smallest absolute Gasteiger partial charge is 0.0846 e. The number of hydrogen-bond donors (Lipinski definition) is 0. The van der Waals surface area contributed by atoms with Gasteiger partial charge < -0.3 is 9.47 Å². The molecule has 0 aromatic rings. The molecule has 80 valence electrons. The highest BCUT2D eigenvalue weighted by molar-refractivity contribution is 9.09. The van der Waals surface area contributed by atoms with Gasteiger partial charge >= 0.3 is 0 Å². The highest BCUT2D eigenvalue weighted by atomic mass is 79.9. The lowest BCUT2D eigenvalue weighted by molar-refractivity contribution is 0.0548. The lowest BCUT2D eigenvalue weighted by Crippen LogP contribution is -2.28. The molecule has 0 amide bonds. The molecular weight excluding hydrogens is 279 g/mol. The first-order valence-electron chi connectivity index (χ1n) is 4.12. The van der Waals surface area contributed by atoms with Gasteiger partial charge in [0.05, 0.1) is 10.9 Å². The molecule has 0 saturated carbocycles. The summed E-state index contributed by atoms with van der Waals surface area (Å²) in [4.78, 5) is 0.120. The van der Waals surface area contributed by atoms with E-state index in [1.165, 1.54) is 0 Å². The van der Waals surface area contributed by atoms with Crippen molar-refractivity contribution in [2.45, 2.75) is 17.4 Å². The van der Waals surface area contributed by atoms with Gasteiger partial charge in [-0.3, -0.25) is 0 Å². The van der Waals surface area contributed by atoms with Crippen molar-refractivity contribution in [3.63, 3.8) is 0 Å². The first-order valence-corrected chi connectivity index (χ1v) is 6.11. The van der Waals surface area contributed by atoms with Crippen LogP contribution in [0.4, 0.5) is 0 Å². The maximum Gasteiger partial charge on any atom is 0.0846 e. The van der Waals surface area contributed by atoms with E-state index in [1.807, 2.05) is 0 Å². The Morgan fingerprint density at radius 1 is 1.23 bits per heavy atom. The van der Waals surface area contributed by atoms with Crippen molar-refractivity contribution in [3.05, 3.63) is 0 Å². The Morgan fingerprint density at radius 2 is 1.92 bits per heavy atom. The maximum atomic E-state index is 5.71. The van der Waals surface area contributed by atoms with Crippen LogP contribution in [0, 0.1) is 0 Å². The van der Waals surface area contributed by atoms with E-state index in [0.29, 0.717) is 25.0 Å². The van der Waals surface area contributed by atoms with Gasteiger partial charge in [0, 0.05) is 32.1 Å². The van der Waals surface area contributed by atoms with E-state index in [2.05, 4.69) is 15.9 Å². The predicted octanol–water partition coefficient (Wildman–Crippen LogP) is 2.65. The van der Waals surface area contributed by atoms with Gasteiger partial charge in [-0.25, -0.2) is 0 Å². The fourth-order valence-corrected chi connectivity index (χ4v) is 1.84. The Kier molecular flexibility index (Phi) is 10.3. The van der Waals surface area contributed by atoms with Crippen LogP contribution in [0.5, 0.6) is 0 Å². The maximum absolute atomic E-state index is 5.71. The van der Waals surface area contributed by atoms with Crippen LogP contribution >= 0.6 is 39.1 Å². The molecule has 2 nitrogen and oxygen atoms in total. The van der Waals surface area contributed by atoms with E-state index in [-0.39, 0.29) is 10.9 Å². The molecule has 2 unspecified atom stereocenters. The molecule has 0 saturated heterocycles. The Labute approximate surface area is 98.0 Å². The summed E-state index contributed by atoms with van der Waals surface area (Å²) in [5.41, 5.74) is 0. The summed E-state index contributed by atoms with van der Waals surface area (Å²) < 4.78 is 10.4. The van der Waals surface area contributed by atoms with E-state index in [9.17, 15) is 0 Å². The molecule has 13 heavy (non-hydrogen) atoms. The van der Waals surface area contributed by atoms with Crippen molar-refractivity contribution in [1.82, 2.24) is 0 Å². The molecule has 0 aromatic carbocycles. The molecule has 0 aliphatic carbocycles. The molecule has 0 aliphatic rings. The first-order chi connectivity index (χ1) is 6.26. The summed E-state index contributed by atoms with van der Waals surface area (Å²) in [7, 11) is 1.67. The Balaban J connectivity index is 3.47. The zero-order valence-electron chi connectivity index (χ0n) is 7.64. The highest BCUT2D eigenvalue weighted by Gasteiger charge is 2.17. The molecule has 0 aliphatic heterocycles. The van der Waals surface area contributed by atoms with E-state index in [1.54, 1.807) is 7.11 Å². The average molecular weight is 294 g/mol. The monoisotopic (exact) mass is 292 g/mol. The number of alkyl halides is 3. The number of methoxy groups -OCH3 is 1. The number of rotatable bonds is 8. The minimum atomic E-state index is -0.0176. The van der Waals surface area contributed by atoms with Crippen LogP contribution in [0.2, 0.25) is 0 Å². The molecule has 0 heterocycles. The largest absolute Gasteiger partial charge is 0.385 e. The molecule has 0 aromatic heterocycles. The van der Waals surface area contributed by atoms with Crippen molar-refractivity contribution in [1.29, 1.82) is 0 Å². The summed E-state index contributed by atoms with van der Waals surface area (Å²) in [6, 6.07) is 0. The topological polar surface area (TPSA) is 18.5 Å². The molecule has 5 heteroatoms. The number of ether oxygens (including phenoxy) is 2. The normalized spacial score (nSPS) is 15.7. The molecule has 0 N–H and O–H groups in total. The number of hydrogen-bond acceptors (Lipinski definition) is 2. The van der Waals surface area contributed by atoms with Gasteiger partial charge in [-0.15, -0.1) is 23.2 Å². The van der Waals surface area contributed by atoms with Crippen LogP contribution in [0.15, 0.2) is 0 Å². The van der Waals surface area contributed by atoms with Gasteiger partial charge in [0.25, 0.3) is 0 Å². The minimum absolute atomic E-state index is 0.0176. The Morgan fingerprint density at radius 3 is 2.38 bits per heavy atom. The molecule has 0 fully saturated rings. The lowest BCUT2D eigenvalue weighted by Gasteiger charge is -2.18. The van der Waals surface area contributed by atoms with Gasteiger partial charge in [-0.1, -0.05) is 15.9 Å². The molecule has 0 rings (SSSR count). The average Bonchev–Trinajstić information content (AvgIpc) is 2.17. The third-order valence-corrected chi connectivity index (χ3v) is 3.45. The fraction of sp³-hybridized carbons (Fsp3) is 1.00. The molecule has 0 spiro atoms. The highest BCUT2D eigenvalue weighted by Crippen LogP contribution is 2.13. The second-order valence-electron chi connectivity index (χ2n) is 2.58. The first kappa shape index (κ1) is 14.0. The summed E-state index contributed by atoms with van der Waals surface area (Å²) in [6.07, 6.45) is 0.863. The van der Waals surface area contributed by atoms with Crippen molar-refractivity contribution in [3.8, 4) is 0 Å². The summed E-state index contributed by atoms with van der Waals surface area (Å²) in [5.74, 6) is 0.956. The molecule has 2 atom stereocenters.